The quantitative estimate of drug-likeness (QED) is 0.280. The maximum absolute atomic E-state index is 12.0. The van der Waals surface area contributed by atoms with Gasteiger partial charge in [0.15, 0.2) is 11.7 Å². The van der Waals surface area contributed by atoms with Gasteiger partial charge in [0.25, 0.3) is 0 Å². The molecule has 0 aliphatic heterocycles. The van der Waals surface area contributed by atoms with Crippen molar-refractivity contribution >= 4 is 11.7 Å². The molecule has 1 unspecified atom stereocenters. The van der Waals surface area contributed by atoms with E-state index in [-0.39, 0.29) is 18.3 Å². The van der Waals surface area contributed by atoms with Gasteiger partial charge in [-0.25, -0.2) is 0 Å². The fourth-order valence-electron chi connectivity index (χ4n) is 1.74. The maximum atomic E-state index is 12.0. The smallest absolute Gasteiger partial charge is 0.231 e. The topological polar surface area (TPSA) is 118 Å². The molecule has 1 aromatic rings. The van der Waals surface area contributed by atoms with Crippen LogP contribution < -0.4 is 11.1 Å². The standard InChI is InChI=1S/C11H20N6O2/c1-3-5-8(10(12)16-19)11(18)13-6-9-15-14-7-17(9)4-2/h7-8,19H,3-6H2,1-2H3,(H2,12,16)(H,13,18). The lowest BCUT2D eigenvalue weighted by Gasteiger charge is -2.14. The summed E-state index contributed by atoms with van der Waals surface area (Å²) in [4.78, 5) is 12.0. The van der Waals surface area contributed by atoms with Crippen LogP contribution in [0.5, 0.6) is 0 Å². The number of carbonyl (C=O) groups is 1. The second-order valence-electron chi connectivity index (χ2n) is 4.12. The molecule has 1 rings (SSSR count). The van der Waals surface area contributed by atoms with E-state index < -0.39 is 5.92 Å². The molecule has 0 saturated carbocycles. The van der Waals surface area contributed by atoms with Gasteiger partial charge in [-0.3, -0.25) is 4.79 Å². The number of amidine groups is 1. The van der Waals surface area contributed by atoms with Crippen molar-refractivity contribution in [3.63, 3.8) is 0 Å². The lowest BCUT2D eigenvalue weighted by atomic mass is 10.0. The minimum Gasteiger partial charge on any atom is -0.409 e. The number of oxime groups is 1. The van der Waals surface area contributed by atoms with Crippen molar-refractivity contribution < 1.29 is 10.0 Å². The van der Waals surface area contributed by atoms with Crippen LogP contribution in [0, 0.1) is 5.92 Å². The number of hydrogen-bond donors (Lipinski definition) is 3. The monoisotopic (exact) mass is 268 g/mol. The van der Waals surface area contributed by atoms with Gasteiger partial charge in [0.05, 0.1) is 12.5 Å². The summed E-state index contributed by atoms with van der Waals surface area (Å²) >= 11 is 0. The number of nitrogens with one attached hydrogen (secondary N) is 1. The van der Waals surface area contributed by atoms with Crippen molar-refractivity contribution in [1.29, 1.82) is 0 Å². The lowest BCUT2D eigenvalue weighted by Crippen LogP contribution is -2.39. The first-order valence-corrected chi connectivity index (χ1v) is 6.25. The molecule has 1 amide bonds. The van der Waals surface area contributed by atoms with Crippen molar-refractivity contribution in [2.75, 3.05) is 0 Å². The van der Waals surface area contributed by atoms with Crippen molar-refractivity contribution in [3.05, 3.63) is 12.2 Å². The zero-order valence-electron chi connectivity index (χ0n) is 11.2. The maximum Gasteiger partial charge on any atom is 0.231 e. The Kier molecular flexibility index (Phi) is 5.77. The summed E-state index contributed by atoms with van der Waals surface area (Å²) < 4.78 is 1.83. The fraction of sp³-hybridized carbons (Fsp3) is 0.636. The van der Waals surface area contributed by atoms with Crippen LogP contribution in [0.1, 0.15) is 32.5 Å². The van der Waals surface area contributed by atoms with Crippen molar-refractivity contribution in [3.8, 4) is 0 Å². The third kappa shape index (κ3) is 3.94. The molecule has 8 heteroatoms. The van der Waals surface area contributed by atoms with Gasteiger partial charge >= 0.3 is 0 Å². The highest BCUT2D eigenvalue weighted by atomic mass is 16.4. The van der Waals surface area contributed by atoms with Gasteiger partial charge in [0, 0.05) is 6.54 Å². The summed E-state index contributed by atoms with van der Waals surface area (Å²) in [6.07, 6.45) is 2.90. The van der Waals surface area contributed by atoms with Crippen molar-refractivity contribution in [2.24, 2.45) is 16.8 Å². The molecule has 1 heterocycles. The Morgan fingerprint density at radius 2 is 2.37 bits per heavy atom. The molecule has 0 bridgehead atoms. The average molecular weight is 268 g/mol. The minimum absolute atomic E-state index is 0.0729. The number of aryl methyl sites for hydroxylation is 1. The largest absolute Gasteiger partial charge is 0.409 e. The van der Waals surface area contributed by atoms with Crippen LogP contribution >= 0.6 is 0 Å². The average Bonchev–Trinajstić information content (AvgIpc) is 2.88. The number of aromatic nitrogens is 3. The Bertz CT molecular complexity index is 442. The van der Waals surface area contributed by atoms with Gasteiger partial charge in [-0.2, -0.15) is 0 Å². The summed E-state index contributed by atoms with van der Waals surface area (Å²) in [5.74, 6) is -0.294. The van der Waals surface area contributed by atoms with Gasteiger partial charge in [-0.05, 0) is 13.3 Å². The predicted molar refractivity (Wildman–Crippen MR) is 69.3 cm³/mol. The fourth-order valence-corrected chi connectivity index (χ4v) is 1.74. The van der Waals surface area contributed by atoms with E-state index in [0.717, 1.165) is 13.0 Å². The van der Waals surface area contributed by atoms with E-state index in [1.807, 2.05) is 18.4 Å². The molecule has 0 saturated heterocycles. The van der Waals surface area contributed by atoms with Crippen LogP contribution in [-0.4, -0.2) is 31.7 Å². The predicted octanol–water partition coefficient (Wildman–Crippen LogP) is 0.0769. The molecular formula is C11H20N6O2. The van der Waals surface area contributed by atoms with Gasteiger partial charge in [0.2, 0.25) is 5.91 Å². The van der Waals surface area contributed by atoms with Crippen LogP contribution in [0.25, 0.3) is 0 Å². The number of rotatable bonds is 7. The molecule has 106 valence electrons. The van der Waals surface area contributed by atoms with Gasteiger partial charge in [0.1, 0.15) is 6.33 Å². The molecule has 4 N–H and O–H groups in total. The Labute approximate surface area is 111 Å². The van der Waals surface area contributed by atoms with Gasteiger partial charge < -0.3 is 20.8 Å². The van der Waals surface area contributed by atoms with E-state index in [9.17, 15) is 4.79 Å². The Morgan fingerprint density at radius 1 is 1.63 bits per heavy atom. The molecule has 0 radical (unpaired) electrons. The SMILES string of the molecule is CCCC(C(=O)NCc1nncn1CC)C(N)=NO. The highest BCUT2D eigenvalue weighted by molar-refractivity contribution is 6.01. The highest BCUT2D eigenvalue weighted by Crippen LogP contribution is 2.07. The van der Waals surface area contributed by atoms with Crippen LogP contribution in [-0.2, 0) is 17.9 Å². The third-order valence-corrected chi connectivity index (χ3v) is 2.82. The molecule has 0 spiro atoms. The van der Waals surface area contributed by atoms with E-state index in [1.54, 1.807) is 6.33 Å². The van der Waals surface area contributed by atoms with Crippen LogP contribution in [0.3, 0.4) is 0 Å². The summed E-state index contributed by atoms with van der Waals surface area (Å²) in [6, 6.07) is 0. The summed E-state index contributed by atoms with van der Waals surface area (Å²) in [6.45, 7) is 4.89. The van der Waals surface area contributed by atoms with Crippen molar-refractivity contribution in [2.45, 2.75) is 39.8 Å². The van der Waals surface area contributed by atoms with E-state index in [1.165, 1.54) is 0 Å². The van der Waals surface area contributed by atoms with E-state index in [0.29, 0.717) is 12.2 Å². The highest BCUT2D eigenvalue weighted by Gasteiger charge is 2.22. The molecule has 0 aromatic carbocycles. The molecule has 0 aliphatic carbocycles. The number of carbonyl (C=O) groups excluding carboxylic acids is 1. The number of amides is 1. The van der Waals surface area contributed by atoms with Crippen molar-refractivity contribution in [1.82, 2.24) is 20.1 Å². The zero-order chi connectivity index (χ0) is 14.3. The third-order valence-electron chi connectivity index (χ3n) is 2.82. The molecule has 0 fully saturated rings. The second kappa shape index (κ2) is 7.34. The molecular weight excluding hydrogens is 248 g/mol. The van der Waals surface area contributed by atoms with E-state index >= 15 is 0 Å². The first kappa shape index (κ1) is 14.9. The van der Waals surface area contributed by atoms with Crippen LogP contribution in [0.4, 0.5) is 0 Å². The Balaban J connectivity index is 2.62. The lowest BCUT2D eigenvalue weighted by molar-refractivity contribution is -0.123. The summed E-state index contributed by atoms with van der Waals surface area (Å²) in [5.41, 5.74) is 5.52. The second-order valence-corrected chi connectivity index (χ2v) is 4.12. The Morgan fingerprint density at radius 3 is 2.95 bits per heavy atom. The molecule has 8 nitrogen and oxygen atoms in total. The summed E-state index contributed by atoms with van der Waals surface area (Å²) in [7, 11) is 0. The summed E-state index contributed by atoms with van der Waals surface area (Å²) in [5, 5.41) is 22.0. The molecule has 19 heavy (non-hydrogen) atoms. The molecule has 0 aliphatic rings. The first-order chi connectivity index (χ1) is 9.13. The van der Waals surface area contributed by atoms with Crippen LogP contribution in [0.2, 0.25) is 0 Å². The van der Waals surface area contributed by atoms with Gasteiger partial charge in [-0.15, -0.1) is 10.2 Å². The number of nitrogens with two attached hydrogens (primary N) is 1. The first-order valence-electron chi connectivity index (χ1n) is 6.25. The number of hydrogen-bond acceptors (Lipinski definition) is 5. The molecule has 1 atom stereocenters. The Hall–Kier alpha value is -2.12. The molecule has 1 aromatic heterocycles. The van der Waals surface area contributed by atoms with E-state index in [2.05, 4.69) is 20.7 Å². The number of nitrogens with zero attached hydrogens (tertiary/aromatic N) is 4. The van der Waals surface area contributed by atoms with E-state index in [4.69, 9.17) is 10.9 Å². The normalized spacial score (nSPS) is 13.3. The van der Waals surface area contributed by atoms with Crippen LogP contribution in [0.15, 0.2) is 11.5 Å². The van der Waals surface area contributed by atoms with Gasteiger partial charge in [-0.1, -0.05) is 18.5 Å². The zero-order valence-corrected chi connectivity index (χ0v) is 11.2. The minimum atomic E-state index is -0.618.